The van der Waals surface area contributed by atoms with E-state index in [1.54, 1.807) is 0 Å². The first-order valence-electron chi connectivity index (χ1n) is 5.48. The fourth-order valence-electron chi connectivity index (χ4n) is 1.37. The molecule has 98 valence electrons. The smallest absolute Gasteiger partial charge is 0.335 e. The number of benzene rings is 1. The third-order valence-corrected chi connectivity index (χ3v) is 2.47. The highest BCUT2D eigenvalue weighted by Crippen LogP contribution is 2.19. The summed E-state index contributed by atoms with van der Waals surface area (Å²) in [5, 5.41) is 11.7. The van der Waals surface area contributed by atoms with Crippen LogP contribution in [0.15, 0.2) is 18.2 Å². The molecule has 6 heteroatoms. The van der Waals surface area contributed by atoms with Crippen LogP contribution in [-0.2, 0) is 4.79 Å². The molecule has 0 spiro atoms. The average Bonchev–Trinajstić information content (AvgIpc) is 2.25. The van der Waals surface area contributed by atoms with Gasteiger partial charge in [-0.1, -0.05) is 11.6 Å². The van der Waals surface area contributed by atoms with Crippen molar-refractivity contribution in [1.82, 2.24) is 0 Å². The molecular weight excluding hydrogens is 256 g/mol. The van der Waals surface area contributed by atoms with Gasteiger partial charge in [0.1, 0.15) is 0 Å². The number of carbonyl (C=O) groups is 2. The van der Waals surface area contributed by atoms with E-state index in [-0.39, 0.29) is 29.0 Å². The zero-order valence-corrected chi connectivity index (χ0v) is 10.7. The lowest BCUT2D eigenvalue weighted by molar-refractivity contribution is -0.116. The first-order valence-corrected chi connectivity index (χ1v) is 5.85. The number of rotatable bonds is 5. The second-order valence-electron chi connectivity index (χ2n) is 4.10. The molecule has 0 saturated carbocycles. The van der Waals surface area contributed by atoms with Crippen LogP contribution >= 0.6 is 11.6 Å². The van der Waals surface area contributed by atoms with Crippen LogP contribution in [0.25, 0.3) is 0 Å². The van der Waals surface area contributed by atoms with E-state index in [1.165, 1.54) is 18.2 Å². The Morgan fingerprint density at radius 1 is 1.44 bits per heavy atom. The second-order valence-corrected chi connectivity index (χ2v) is 4.53. The summed E-state index contributed by atoms with van der Waals surface area (Å²) in [6.07, 6.45) is 0.852. The molecule has 4 N–H and O–H groups in total. The standard InChI is InChI=1S/C12H15ClN2O3/c1-7(14)2-3-11(16)15-10-5-8(12(17)18)4-9(13)6-10/h4-7H,2-3,14H2,1H3,(H,15,16)(H,17,18). The third-order valence-electron chi connectivity index (χ3n) is 2.26. The molecule has 0 aliphatic carbocycles. The highest BCUT2D eigenvalue weighted by atomic mass is 35.5. The third kappa shape index (κ3) is 4.73. The maximum Gasteiger partial charge on any atom is 0.335 e. The van der Waals surface area contributed by atoms with Gasteiger partial charge in [0.15, 0.2) is 0 Å². The van der Waals surface area contributed by atoms with Crippen molar-refractivity contribution in [3.8, 4) is 0 Å². The number of hydrogen-bond donors (Lipinski definition) is 3. The molecule has 0 aliphatic heterocycles. The zero-order chi connectivity index (χ0) is 13.7. The van der Waals surface area contributed by atoms with Crippen molar-refractivity contribution in [2.24, 2.45) is 5.73 Å². The lowest BCUT2D eigenvalue weighted by atomic mass is 10.1. The minimum atomic E-state index is -1.09. The van der Waals surface area contributed by atoms with Gasteiger partial charge < -0.3 is 16.2 Å². The number of anilines is 1. The fraction of sp³-hybridized carbons (Fsp3) is 0.333. The first kappa shape index (κ1) is 14.5. The molecule has 0 aromatic heterocycles. The number of halogens is 1. The van der Waals surface area contributed by atoms with Crippen LogP contribution in [0, 0.1) is 0 Å². The Bertz CT molecular complexity index is 461. The monoisotopic (exact) mass is 270 g/mol. The van der Waals surface area contributed by atoms with Gasteiger partial charge in [-0.2, -0.15) is 0 Å². The van der Waals surface area contributed by atoms with Gasteiger partial charge in [0.25, 0.3) is 0 Å². The van der Waals surface area contributed by atoms with E-state index >= 15 is 0 Å². The van der Waals surface area contributed by atoms with Gasteiger partial charge in [-0.15, -0.1) is 0 Å². The Balaban J connectivity index is 2.72. The van der Waals surface area contributed by atoms with Gasteiger partial charge in [-0.3, -0.25) is 4.79 Å². The molecular formula is C12H15ClN2O3. The molecule has 1 amide bonds. The van der Waals surface area contributed by atoms with E-state index < -0.39 is 5.97 Å². The van der Waals surface area contributed by atoms with Gasteiger partial charge in [0, 0.05) is 23.2 Å². The minimum Gasteiger partial charge on any atom is -0.478 e. The van der Waals surface area contributed by atoms with Crippen LogP contribution in [-0.4, -0.2) is 23.0 Å². The summed E-state index contributed by atoms with van der Waals surface area (Å²) in [5.41, 5.74) is 5.95. The second kappa shape index (κ2) is 6.37. The van der Waals surface area contributed by atoms with Gasteiger partial charge in [-0.25, -0.2) is 4.79 Å². The van der Waals surface area contributed by atoms with Gasteiger partial charge in [0.2, 0.25) is 5.91 Å². The zero-order valence-electron chi connectivity index (χ0n) is 9.94. The van der Waals surface area contributed by atoms with Crippen molar-refractivity contribution in [2.75, 3.05) is 5.32 Å². The van der Waals surface area contributed by atoms with Gasteiger partial charge >= 0.3 is 5.97 Å². The number of nitrogens with one attached hydrogen (secondary N) is 1. The van der Waals surface area contributed by atoms with Crippen LogP contribution in [0.2, 0.25) is 5.02 Å². The van der Waals surface area contributed by atoms with E-state index in [4.69, 9.17) is 22.4 Å². The molecule has 0 saturated heterocycles. The van der Waals surface area contributed by atoms with Crippen LogP contribution in [0.1, 0.15) is 30.1 Å². The number of aromatic carboxylic acids is 1. The molecule has 5 nitrogen and oxygen atoms in total. The number of carbonyl (C=O) groups excluding carboxylic acids is 1. The molecule has 1 aromatic rings. The van der Waals surface area contributed by atoms with E-state index in [9.17, 15) is 9.59 Å². The average molecular weight is 271 g/mol. The quantitative estimate of drug-likeness (QED) is 0.764. The van der Waals surface area contributed by atoms with E-state index in [0.29, 0.717) is 12.1 Å². The largest absolute Gasteiger partial charge is 0.478 e. The number of carboxylic acid groups (broad SMARTS) is 1. The number of nitrogens with two attached hydrogens (primary N) is 1. The molecule has 0 radical (unpaired) electrons. The first-order chi connectivity index (χ1) is 8.38. The highest BCUT2D eigenvalue weighted by molar-refractivity contribution is 6.31. The Labute approximate surface area is 110 Å². The predicted octanol–water partition coefficient (Wildman–Crippen LogP) is 2.10. The normalized spacial score (nSPS) is 11.9. The Kier molecular flexibility index (Phi) is 5.12. The summed E-state index contributed by atoms with van der Waals surface area (Å²) in [6.45, 7) is 1.81. The molecule has 1 aromatic carbocycles. The molecule has 0 heterocycles. The summed E-state index contributed by atoms with van der Waals surface area (Å²) in [4.78, 5) is 22.4. The molecule has 0 aliphatic rings. The molecule has 1 unspecified atom stereocenters. The van der Waals surface area contributed by atoms with Crippen LogP contribution in [0.3, 0.4) is 0 Å². The maximum absolute atomic E-state index is 11.6. The number of amides is 1. The lowest BCUT2D eigenvalue weighted by Crippen LogP contribution is -2.19. The summed E-state index contributed by atoms with van der Waals surface area (Å²) in [6, 6.07) is 4.13. The lowest BCUT2D eigenvalue weighted by Gasteiger charge is -2.08. The van der Waals surface area contributed by atoms with Crippen molar-refractivity contribution in [3.05, 3.63) is 28.8 Å². The van der Waals surface area contributed by atoms with E-state index in [0.717, 1.165) is 0 Å². The Morgan fingerprint density at radius 3 is 2.67 bits per heavy atom. The Hall–Kier alpha value is -1.59. The van der Waals surface area contributed by atoms with Crippen molar-refractivity contribution < 1.29 is 14.7 Å². The number of hydrogen-bond acceptors (Lipinski definition) is 3. The SMILES string of the molecule is CC(N)CCC(=O)Nc1cc(Cl)cc(C(=O)O)c1. The van der Waals surface area contributed by atoms with Crippen LogP contribution < -0.4 is 11.1 Å². The van der Waals surface area contributed by atoms with E-state index in [1.807, 2.05) is 6.92 Å². The van der Waals surface area contributed by atoms with E-state index in [2.05, 4.69) is 5.32 Å². The van der Waals surface area contributed by atoms with Crippen LogP contribution in [0.5, 0.6) is 0 Å². The summed E-state index contributed by atoms with van der Waals surface area (Å²) < 4.78 is 0. The topological polar surface area (TPSA) is 92.4 Å². The van der Waals surface area contributed by atoms with Gasteiger partial charge in [-0.05, 0) is 31.5 Å². The van der Waals surface area contributed by atoms with Crippen molar-refractivity contribution in [1.29, 1.82) is 0 Å². The van der Waals surface area contributed by atoms with Crippen molar-refractivity contribution in [3.63, 3.8) is 0 Å². The highest BCUT2D eigenvalue weighted by Gasteiger charge is 2.09. The molecule has 0 fully saturated rings. The van der Waals surface area contributed by atoms with Crippen LogP contribution in [0.4, 0.5) is 5.69 Å². The van der Waals surface area contributed by atoms with Gasteiger partial charge in [0.05, 0.1) is 5.56 Å². The Morgan fingerprint density at radius 2 is 2.11 bits per heavy atom. The van der Waals surface area contributed by atoms with Crippen molar-refractivity contribution in [2.45, 2.75) is 25.8 Å². The molecule has 1 rings (SSSR count). The van der Waals surface area contributed by atoms with Crippen molar-refractivity contribution >= 4 is 29.2 Å². The summed E-state index contributed by atoms with van der Waals surface area (Å²) >= 11 is 5.77. The summed E-state index contributed by atoms with van der Waals surface area (Å²) in [7, 11) is 0. The maximum atomic E-state index is 11.6. The predicted molar refractivity (Wildman–Crippen MR) is 69.9 cm³/mol. The number of carboxylic acids is 1. The minimum absolute atomic E-state index is 0.0324. The molecule has 18 heavy (non-hydrogen) atoms. The summed E-state index contributed by atoms with van der Waals surface area (Å²) in [5.74, 6) is -1.31. The fourth-order valence-corrected chi connectivity index (χ4v) is 1.60. The molecule has 0 bridgehead atoms. The molecule has 1 atom stereocenters.